The Morgan fingerprint density at radius 1 is 0.607 bits per heavy atom. The van der Waals surface area contributed by atoms with Crippen LogP contribution >= 0.6 is 0 Å². The van der Waals surface area contributed by atoms with Crippen molar-refractivity contribution in [2.24, 2.45) is 10.2 Å². The molecule has 0 atom stereocenters. The zero-order valence-corrected chi connectivity index (χ0v) is 38.6. The maximum absolute atomic E-state index is 13.2. The van der Waals surface area contributed by atoms with E-state index in [0.29, 0.717) is 40.6 Å². The van der Waals surface area contributed by atoms with E-state index in [2.05, 4.69) is 21.1 Å². The van der Waals surface area contributed by atoms with Crippen LogP contribution in [0.5, 0.6) is 5.75 Å². The second-order valence-corrected chi connectivity index (χ2v) is 15.8. The van der Waals surface area contributed by atoms with Crippen LogP contribution < -0.4 is 99.5 Å². The number of phenols is 1. The molecule has 272 valence electrons. The number of hydrazone groups is 2. The SMILES string of the molecule is Cc1cc(-c2ccc(NN=C3C(=O)c4c(O)cc(S(=O)(=O)[O-])cc4C=C3S(=O)(=O)[O-])c(C)c2)ccc1NN=C1C=C(S(=O)(=O)[O-])c2ccccc2C1=O.[Na+].[Na+].[Na+]. The van der Waals surface area contributed by atoms with Crippen LogP contribution in [0.15, 0.2) is 98.9 Å². The monoisotopic (exact) mass is 844 g/mol. The van der Waals surface area contributed by atoms with Gasteiger partial charge in [-0.15, -0.1) is 0 Å². The number of aromatic hydroxyl groups is 1. The van der Waals surface area contributed by atoms with Crippen LogP contribution in [0, 0.1) is 13.8 Å². The maximum atomic E-state index is 13.2. The summed E-state index contributed by atoms with van der Waals surface area (Å²) < 4.78 is 106. The van der Waals surface area contributed by atoms with Gasteiger partial charge in [-0.2, -0.15) is 10.2 Å². The molecule has 16 nitrogen and oxygen atoms in total. The Balaban J connectivity index is 0.00000280. The minimum absolute atomic E-state index is 0. The first-order valence-corrected chi connectivity index (χ1v) is 19.2. The second kappa shape index (κ2) is 18.0. The van der Waals surface area contributed by atoms with E-state index < -0.39 is 79.2 Å². The van der Waals surface area contributed by atoms with Gasteiger partial charge in [-0.1, -0.05) is 36.4 Å². The predicted octanol–water partition coefficient (Wildman–Crippen LogP) is -5.31. The van der Waals surface area contributed by atoms with Crippen LogP contribution in [0.25, 0.3) is 22.1 Å². The molecule has 22 heteroatoms. The van der Waals surface area contributed by atoms with Crippen molar-refractivity contribution < 1.29 is 142 Å². The van der Waals surface area contributed by atoms with Gasteiger partial charge < -0.3 is 18.8 Å². The third kappa shape index (κ3) is 9.88. The Morgan fingerprint density at radius 2 is 1.12 bits per heavy atom. The van der Waals surface area contributed by atoms with Crippen LogP contribution in [-0.2, 0) is 30.4 Å². The van der Waals surface area contributed by atoms with E-state index in [1.807, 2.05) is 0 Å². The predicted molar refractivity (Wildman–Crippen MR) is 190 cm³/mol. The Kier molecular flexibility index (Phi) is 15.3. The van der Waals surface area contributed by atoms with Crippen LogP contribution in [0.3, 0.4) is 0 Å². The summed E-state index contributed by atoms with van der Waals surface area (Å²) in [6.45, 7) is 3.42. The number of nitrogens with zero attached hydrogens (tertiary/aromatic N) is 2. The van der Waals surface area contributed by atoms with E-state index in [-0.39, 0.29) is 111 Å². The van der Waals surface area contributed by atoms with Gasteiger partial charge in [-0.25, -0.2) is 25.3 Å². The van der Waals surface area contributed by atoms with Gasteiger partial charge in [0.25, 0.3) is 0 Å². The molecule has 2 aliphatic rings. The number of Topliss-reactive ketones (excluding diaryl/α,β-unsaturated/α-hetero) is 2. The Hall–Kier alpha value is -2.83. The number of allylic oxidation sites excluding steroid dienone is 2. The molecule has 0 heterocycles. The summed E-state index contributed by atoms with van der Waals surface area (Å²) in [5.41, 5.74) is 6.52. The minimum atomic E-state index is -5.37. The Morgan fingerprint density at radius 3 is 1.62 bits per heavy atom. The van der Waals surface area contributed by atoms with Gasteiger partial charge in [0.05, 0.1) is 31.6 Å². The third-order valence-electron chi connectivity index (χ3n) is 8.22. The summed E-state index contributed by atoms with van der Waals surface area (Å²) in [5.74, 6) is -2.73. The van der Waals surface area contributed by atoms with Crippen LogP contribution in [-0.4, -0.2) is 67.0 Å². The van der Waals surface area contributed by atoms with Crippen molar-refractivity contribution in [2.75, 3.05) is 10.9 Å². The molecule has 0 amide bonds. The van der Waals surface area contributed by atoms with E-state index in [1.165, 1.54) is 24.3 Å². The summed E-state index contributed by atoms with van der Waals surface area (Å²) in [6, 6.07) is 17.1. The van der Waals surface area contributed by atoms with Gasteiger partial charge in [-0.05, 0) is 90.2 Å². The van der Waals surface area contributed by atoms with Crippen molar-refractivity contribution in [1.82, 2.24) is 0 Å². The molecule has 0 spiro atoms. The fraction of sp³-hybridized carbons (Fsp3) is 0.0588. The van der Waals surface area contributed by atoms with Gasteiger partial charge in [0.15, 0.2) is 0 Å². The molecule has 4 aromatic rings. The van der Waals surface area contributed by atoms with E-state index in [0.717, 1.165) is 11.6 Å². The first-order valence-electron chi connectivity index (χ1n) is 15.0. The molecule has 56 heavy (non-hydrogen) atoms. The number of aryl methyl sites for hydroxylation is 2. The molecule has 0 saturated carbocycles. The molecule has 0 radical (unpaired) electrons. The molecule has 3 N–H and O–H groups in total. The van der Waals surface area contributed by atoms with E-state index >= 15 is 0 Å². The van der Waals surface area contributed by atoms with Crippen molar-refractivity contribution in [3.8, 4) is 16.9 Å². The number of carbonyl (C=O) groups is 2. The van der Waals surface area contributed by atoms with Gasteiger partial charge >= 0.3 is 88.7 Å². The fourth-order valence-electron chi connectivity index (χ4n) is 5.63. The topological polar surface area (TPSA) is 275 Å². The fourth-order valence-corrected chi connectivity index (χ4v) is 7.51. The van der Waals surface area contributed by atoms with Crippen molar-refractivity contribution in [1.29, 1.82) is 0 Å². The molecule has 0 fully saturated rings. The molecule has 0 bridgehead atoms. The van der Waals surface area contributed by atoms with Crippen molar-refractivity contribution in [3.05, 3.63) is 117 Å². The minimum Gasteiger partial charge on any atom is -0.744 e. The third-order valence-corrected chi connectivity index (χ3v) is 10.8. The number of ketones is 2. The van der Waals surface area contributed by atoms with Crippen LogP contribution in [0.1, 0.15) is 43.0 Å². The quantitative estimate of drug-likeness (QED) is 0.0850. The molecule has 0 unspecified atom stereocenters. The normalized spacial score (nSPS) is 15.3. The largest absolute Gasteiger partial charge is 1.00 e. The standard InChI is InChI=1S/C34H26N4O12S3.3Na/c1-17-11-19(7-9-25(17)35-37-27-16-29(52(45,46)47)23-5-3-4-6-24(23)33(27)40)20-8-10-26(18(2)12-20)36-38-32-30(53(48,49)50)14-21-13-22(51(42,43)44)15-28(39)31(21)34(32)41;;;/h3-16,35-36,39H,1-2H3,(H,42,43,44)(H,45,46,47)(H,48,49,50);;;/q;3*+1/p-3. The molecule has 4 aromatic carbocycles. The molecular formula is C34H23N4Na3O12S3. The van der Waals surface area contributed by atoms with E-state index in [1.54, 1.807) is 50.2 Å². The summed E-state index contributed by atoms with van der Waals surface area (Å²) in [6.07, 6.45) is 1.57. The number of anilines is 2. The van der Waals surface area contributed by atoms with Gasteiger partial charge in [0.2, 0.25) is 11.6 Å². The number of benzene rings is 4. The smallest absolute Gasteiger partial charge is 0.744 e. The van der Waals surface area contributed by atoms with Gasteiger partial charge in [0.1, 0.15) is 47.5 Å². The zero-order chi connectivity index (χ0) is 38.6. The summed E-state index contributed by atoms with van der Waals surface area (Å²) in [7, 11) is -15.4. The Labute approximate surface area is 387 Å². The first kappa shape index (κ1) is 47.5. The second-order valence-electron chi connectivity index (χ2n) is 11.7. The average molecular weight is 845 g/mol. The number of hydrogen-bond donors (Lipinski definition) is 3. The zero-order valence-electron chi connectivity index (χ0n) is 30.1. The van der Waals surface area contributed by atoms with Crippen LogP contribution in [0.2, 0.25) is 0 Å². The van der Waals surface area contributed by atoms with E-state index in [4.69, 9.17) is 0 Å². The molecule has 2 aliphatic carbocycles. The summed E-state index contributed by atoms with van der Waals surface area (Å²) in [4.78, 5) is 23.6. The number of hydrogen-bond acceptors (Lipinski definition) is 16. The molecule has 0 aromatic heterocycles. The number of rotatable bonds is 8. The van der Waals surface area contributed by atoms with Crippen molar-refractivity contribution in [3.63, 3.8) is 0 Å². The summed E-state index contributed by atoms with van der Waals surface area (Å²) >= 11 is 0. The van der Waals surface area contributed by atoms with E-state index in [9.17, 15) is 53.6 Å². The number of fused-ring (bicyclic) bond motifs is 2. The molecule has 0 saturated heterocycles. The maximum Gasteiger partial charge on any atom is 1.00 e. The number of carbonyl (C=O) groups excluding carboxylic acids is 2. The molecule has 0 aliphatic heterocycles. The van der Waals surface area contributed by atoms with Gasteiger partial charge in [0, 0.05) is 11.1 Å². The van der Waals surface area contributed by atoms with Crippen LogP contribution in [0.4, 0.5) is 11.4 Å². The number of nitrogens with one attached hydrogen (secondary N) is 2. The summed E-state index contributed by atoms with van der Waals surface area (Å²) in [5, 5.41) is 18.3. The Bertz CT molecular complexity index is 2790. The van der Waals surface area contributed by atoms with Crippen molar-refractivity contribution in [2.45, 2.75) is 18.7 Å². The number of phenolic OH excluding ortho intramolecular Hbond substituents is 1. The van der Waals surface area contributed by atoms with Gasteiger partial charge in [-0.3, -0.25) is 20.4 Å². The molecular weight excluding hydrogens is 822 g/mol. The molecule has 6 rings (SSSR count). The first-order chi connectivity index (χ1) is 24.7. The van der Waals surface area contributed by atoms with Crippen molar-refractivity contribution >= 4 is 75.7 Å². The average Bonchev–Trinajstić information content (AvgIpc) is 3.06.